The van der Waals surface area contributed by atoms with Crippen LogP contribution in [0.3, 0.4) is 0 Å². The number of rotatable bonds is 7. The number of hydrogen-bond acceptors (Lipinski definition) is 9. The van der Waals surface area contributed by atoms with Crippen molar-refractivity contribution in [3.8, 4) is 0 Å². The number of nitrogens with one attached hydrogen (secondary N) is 1. The van der Waals surface area contributed by atoms with E-state index in [1.54, 1.807) is 0 Å². The van der Waals surface area contributed by atoms with Gasteiger partial charge in [-0.05, 0) is 18.9 Å². The fraction of sp³-hybridized carbons (Fsp3) is 0.647. The van der Waals surface area contributed by atoms with E-state index >= 15 is 0 Å². The summed E-state index contributed by atoms with van der Waals surface area (Å²) in [7, 11) is -7.28. The smallest absolute Gasteiger partial charge is 0.334 e. The minimum absolute atomic E-state index is 0. The van der Waals surface area contributed by atoms with E-state index in [1.165, 1.54) is 13.3 Å². The first-order valence-electron chi connectivity index (χ1n) is 9.88. The van der Waals surface area contributed by atoms with Gasteiger partial charge in [0.25, 0.3) is 0 Å². The molecule has 3 rings (SSSR count). The van der Waals surface area contributed by atoms with Crippen molar-refractivity contribution < 1.29 is 58.1 Å². The third-order valence-corrected chi connectivity index (χ3v) is 7.66. The molecule has 33 heavy (non-hydrogen) atoms. The molecule has 0 bridgehead atoms. The second-order valence-corrected chi connectivity index (χ2v) is 11.7. The zero-order valence-electron chi connectivity index (χ0n) is 19.2. The van der Waals surface area contributed by atoms with Crippen molar-refractivity contribution in [2.24, 2.45) is 11.8 Å². The van der Waals surface area contributed by atoms with Gasteiger partial charge in [0, 0.05) is 53.6 Å². The van der Waals surface area contributed by atoms with Gasteiger partial charge >= 0.3 is 15.9 Å². The molecule has 0 saturated carbocycles. The number of aryl methyl sites for hydroxylation is 1. The molecular formula is C17H31N4O8P3W. The Labute approximate surface area is 208 Å². The first-order chi connectivity index (χ1) is 14.9. The molecule has 1 fully saturated rings. The molecule has 3 N–H and O–H groups in total. The molecule has 2 aromatic heterocycles. The summed E-state index contributed by atoms with van der Waals surface area (Å²) in [6.07, 6.45) is 1.29. The van der Waals surface area contributed by atoms with E-state index in [2.05, 4.69) is 26.5 Å². The van der Waals surface area contributed by atoms with Crippen molar-refractivity contribution in [3.63, 3.8) is 0 Å². The first kappa shape index (κ1) is 30.6. The second-order valence-electron chi connectivity index (χ2n) is 7.56. The van der Waals surface area contributed by atoms with Crippen LogP contribution in [0.25, 0.3) is 11.0 Å². The van der Waals surface area contributed by atoms with Crippen LogP contribution < -0.4 is 5.32 Å². The molecule has 188 valence electrons. The fourth-order valence-electron chi connectivity index (χ4n) is 3.45. The Morgan fingerprint density at radius 3 is 2.42 bits per heavy atom. The Morgan fingerprint density at radius 1 is 1.27 bits per heavy atom. The van der Waals surface area contributed by atoms with Gasteiger partial charge in [-0.15, -0.1) is 0 Å². The van der Waals surface area contributed by atoms with Gasteiger partial charge in [0.15, 0.2) is 8.03 Å². The molecule has 0 aromatic carbocycles. The van der Waals surface area contributed by atoms with Crippen LogP contribution >= 0.6 is 23.9 Å². The predicted octanol–water partition coefficient (Wildman–Crippen LogP) is 3.27. The van der Waals surface area contributed by atoms with Gasteiger partial charge in [0.1, 0.15) is 23.5 Å². The summed E-state index contributed by atoms with van der Waals surface area (Å²) in [5.41, 5.74) is 0.769. The van der Waals surface area contributed by atoms with Gasteiger partial charge in [0.2, 0.25) is 0 Å². The summed E-state index contributed by atoms with van der Waals surface area (Å²) in [5.74, 6) is 1.63. The van der Waals surface area contributed by atoms with Crippen LogP contribution in [0.2, 0.25) is 0 Å². The van der Waals surface area contributed by atoms with Crippen LogP contribution in [-0.2, 0) is 48.3 Å². The van der Waals surface area contributed by atoms with Crippen LogP contribution in [0.15, 0.2) is 12.3 Å². The minimum atomic E-state index is -3.62. The van der Waals surface area contributed by atoms with Crippen LogP contribution in [0.5, 0.6) is 0 Å². The average Bonchev–Trinajstić information content (AvgIpc) is 3.19. The number of fused-ring (bicyclic) bond motifs is 1. The minimum Gasteiger partial charge on any atom is -0.372 e. The maximum absolute atomic E-state index is 12.1. The number of aromatic nitrogens is 3. The standard InChI is InChI=1S/C16H26N4O6P2.CH5O2P.W/c1-9-10(2)16(25-13(9)8-24-28(5,23)26-27(21)22)20-7-6-12-14(17-4)18-11(3)19-15(12)20;1-4(2)3;/h6-7,9-10,13,16,27H,8H2,1-5H3,(H,21,22)(H,17,18,19);4H,1H3,(H,2,3);. The summed E-state index contributed by atoms with van der Waals surface area (Å²) < 4.78 is 50.0. The maximum Gasteiger partial charge on any atom is 0.334 e. The largest absolute Gasteiger partial charge is 0.372 e. The molecule has 1 saturated heterocycles. The number of hydrogen-bond donors (Lipinski definition) is 3. The molecule has 0 aliphatic carbocycles. The zero-order chi connectivity index (χ0) is 24.2. The Morgan fingerprint density at radius 2 is 1.88 bits per heavy atom. The molecule has 7 unspecified atom stereocenters. The average molecular weight is 696 g/mol. The molecule has 0 radical (unpaired) electrons. The monoisotopic (exact) mass is 696 g/mol. The van der Waals surface area contributed by atoms with Gasteiger partial charge in [-0.2, -0.15) is 0 Å². The van der Waals surface area contributed by atoms with Crippen molar-refractivity contribution in [2.75, 3.05) is 32.3 Å². The van der Waals surface area contributed by atoms with E-state index in [0.717, 1.165) is 16.9 Å². The fourth-order valence-corrected chi connectivity index (χ4v) is 5.21. The van der Waals surface area contributed by atoms with Crippen LogP contribution in [0.4, 0.5) is 5.82 Å². The van der Waals surface area contributed by atoms with E-state index < -0.39 is 23.9 Å². The van der Waals surface area contributed by atoms with Gasteiger partial charge in [-0.1, -0.05) is 13.8 Å². The van der Waals surface area contributed by atoms with Gasteiger partial charge in [-0.25, -0.2) is 14.3 Å². The van der Waals surface area contributed by atoms with Crippen molar-refractivity contribution in [1.29, 1.82) is 0 Å². The molecule has 0 spiro atoms. The third-order valence-electron chi connectivity index (χ3n) is 5.09. The van der Waals surface area contributed by atoms with Crippen molar-refractivity contribution in [3.05, 3.63) is 18.1 Å². The first-order valence-corrected chi connectivity index (χ1v) is 15.0. The Balaban J connectivity index is 0.00000101. The van der Waals surface area contributed by atoms with E-state index in [4.69, 9.17) is 19.0 Å². The molecule has 12 nitrogen and oxygen atoms in total. The number of anilines is 1. The van der Waals surface area contributed by atoms with E-state index in [1.807, 2.05) is 37.7 Å². The number of ether oxygens (including phenoxy) is 1. The normalized spacial score (nSPS) is 25.9. The summed E-state index contributed by atoms with van der Waals surface area (Å²) >= 11 is 0. The Hall–Kier alpha value is -0.402. The summed E-state index contributed by atoms with van der Waals surface area (Å²) in [6.45, 7) is 8.37. The molecule has 2 aromatic rings. The summed E-state index contributed by atoms with van der Waals surface area (Å²) in [4.78, 5) is 25.4. The van der Waals surface area contributed by atoms with Gasteiger partial charge in [0.05, 0.1) is 18.1 Å². The van der Waals surface area contributed by atoms with E-state index in [0.29, 0.717) is 5.82 Å². The van der Waals surface area contributed by atoms with Crippen LogP contribution in [-0.4, -0.2) is 57.4 Å². The predicted molar refractivity (Wildman–Crippen MR) is 123 cm³/mol. The molecule has 3 heterocycles. The zero-order valence-corrected chi connectivity index (χ0v) is 25.0. The van der Waals surface area contributed by atoms with Gasteiger partial charge in [-0.3, -0.25) is 13.7 Å². The Bertz CT molecular complexity index is 1040. The van der Waals surface area contributed by atoms with Crippen molar-refractivity contribution in [2.45, 2.75) is 33.1 Å². The maximum atomic E-state index is 12.1. The van der Waals surface area contributed by atoms with Crippen LogP contribution in [0, 0.1) is 18.8 Å². The molecule has 1 aliphatic heterocycles. The van der Waals surface area contributed by atoms with Gasteiger partial charge < -0.3 is 28.9 Å². The van der Waals surface area contributed by atoms with E-state index in [-0.39, 0.29) is 51.8 Å². The quantitative estimate of drug-likeness (QED) is 0.365. The molecular weight excluding hydrogens is 665 g/mol. The molecule has 1 aliphatic rings. The molecule has 7 atom stereocenters. The third kappa shape index (κ3) is 8.34. The van der Waals surface area contributed by atoms with Crippen molar-refractivity contribution >= 4 is 40.7 Å². The second kappa shape index (κ2) is 13.1. The topological polar surface area (TPSA) is 162 Å². The number of nitrogens with zero attached hydrogens (tertiary/aromatic N) is 3. The van der Waals surface area contributed by atoms with E-state index in [9.17, 15) is 13.7 Å². The van der Waals surface area contributed by atoms with Crippen molar-refractivity contribution in [1.82, 2.24) is 14.5 Å². The molecule has 0 amide bonds. The molecule has 16 heteroatoms. The summed E-state index contributed by atoms with van der Waals surface area (Å²) in [6, 6.07) is 1.94. The Kier molecular flexibility index (Phi) is 12.1. The summed E-state index contributed by atoms with van der Waals surface area (Å²) in [5, 5.41) is 3.98. The van der Waals surface area contributed by atoms with Crippen LogP contribution in [0.1, 0.15) is 25.9 Å². The SMILES string of the molecule is CNc1nc(C)nc2c1ccn2C1OC(COP(C)(=O)O[PH](=O)O)C(C)C1C.C[PH](=O)O.[W].